The fourth-order valence-corrected chi connectivity index (χ4v) is 3.25. The number of aliphatic carboxylic acids is 1. The fraction of sp³-hybridized carbons (Fsp3) is 0.769. The van der Waals surface area contributed by atoms with Crippen LogP contribution in [0.25, 0.3) is 0 Å². The van der Waals surface area contributed by atoms with Gasteiger partial charge in [0.15, 0.2) is 0 Å². The van der Waals surface area contributed by atoms with Crippen molar-refractivity contribution in [3.63, 3.8) is 0 Å². The minimum Gasteiger partial charge on any atom is -0.481 e. The van der Waals surface area contributed by atoms with E-state index in [9.17, 15) is 14.4 Å². The van der Waals surface area contributed by atoms with Gasteiger partial charge in [0.2, 0.25) is 5.91 Å². The molecule has 2 aliphatic carbocycles. The molecule has 3 aliphatic rings. The molecule has 5 nitrogen and oxygen atoms in total. The summed E-state index contributed by atoms with van der Waals surface area (Å²) in [5.41, 5.74) is 0. The molecule has 1 N–H and O–H groups in total. The molecule has 3 rings (SSSR count). The Morgan fingerprint density at radius 3 is 2.06 bits per heavy atom. The topological polar surface area (TPSA) is 74.7 Å². The number of carbonyl (C=O) groups excluding carboxylic acids is 2. The van der Waals surface area contributed by atoms with Gasteiger partial charge in [0.05, 0.1) is 5.92 Å². The summed E-state index contributed by atoms with van der Waals surface area (Å²) in [5, 5.41) is 9.06. The molecule has 0 radical (unpaired) electrons. The minimum absolute atomic E-state index is 0.172. The number of piperidine rings is 1. The third kappa shape index (κ3) is 1.91. The molecule has 1 aliphatic heterocycles. The third-order valence-corrected chi connectivity index (χ3v) is 4.41. The van der Waals surface area contributed by atoms with Gasteiger partial charge in [-0.05, 0) is 25.7 Å². The van der Waals surface area contributed by atoms with Gasteiger partial charge >= 0.3 is 5.97 Å². The molecule has 3 fully saturated rings. The van der Waals surface area contributed by atoms with Crippen molar-refractivity contribution in [2.24, 2.45) is 23.7 Å². The molecule has 2 bridgehead atoms. The first-order valence-electron chi connectivity index (χ1n) is 6.61. The normalized spacial score (nSPS) is 35.4. The van der Waals surface area contributed by atoms with E-state index in [1.54, 1.807) is 4.90 Å². The Morgan fingerprint density at radius 1 is 1.06 bits per heavy atom. The number of Topliss-reactive ketones (excluding diaryl/α,β-unsaturated/α-hetero) is 1. The number of likely N-dealkylation sites (tertiary alicyclic amines) is 1. The number of carboxylic acids is 1. The highest BCUT2D eigenvalue weighted by molar-refractivity contribution is 5.90. The van der Waals surface area contributed by atoms with Gasteiger partial charge in [-0.15, -0.1) is 0 Å². The zero-order chi connectivity index (χ0) is 12.9. The Hall–Kier alpha value is -1.39. The first-order chi connectivity index (χ1) is 8.56. The van der Waals surface area contributed by atoms with E-state index in [-0.39, 0.29) is 29.4 Å². The van der Waals surface area contributed by atoms with Crippen molar-refractivity contribution < 1.29 is 19.5 Å². The third-order valence-electron chi connectivity index (χ3n) is 4.41. The van der Waals surface area contributed by atoms with Gasteiger partial charge in [-0.1, -0.05) is 0 Å². The number of ketones is 1. The second kappa shape index (κ2) is 4.07. The molecular weight excluding hydrogens is 234 g/mol. The lowest BCUT2D eigenvalue weighted by molar-refractivity contribution is -0.151. The lowest BCUT2D eigenvalue weighted by Gasteiger charge is -2.42. The van der Waals surface area contributed by atoms with Gasteiger partial charge in [0.25, 0.3) is 0 Å². The molecule has 2 saturated carbocycles. The Balaban J connectivity index is 1.72. The van der Waals surface area contributed by atoms with Gasteiger partial charge < -0.3 is 10.0 Å². The van der Waals surface area contributed by atoms with Crippen LogP contribution in [0.1, 0.15) is 25.7 Å². The van der Waals surface area contributed by atoms with E-state index >= 15 is 0 Å². The van der Waals surface area contributed by atoms with Crippen LogP contribution in [0.15, 0.2) is 0 Å². The van der Waals surface area contributed by atoms with E-state index in [2.05, 4.69) is 0 Å². The Kier molecular flexibility index (Phi) is 2.64. The molecule has 0 spiro atoms. The minimum atomic E-state index is -0.806. The monoisotopic (exact) mass is 251 g/mol. The summed E-state index contributed by atoms with van der Waals surface area (Å²) < 4.78 is 0. The highest BCUT2D eigenvalue weighted by Crippen LogP contribution is 2.38. The molecular formula is C13H17NO4. The zero-order valence-electron chi connectivity index (χ0n) is 10.2. The van der Waals surface area contributed by atoms with Gasteiger partial charge in [0.1, 0.15) is 5.78 Å². The van der Waals surface area contributed by atoms with Crippen molar-refractivity contribution in [3.8, 4) is 0 Å². The summed E-state index contributed by atoms with van der Waals surface area (Å²) in [6.45, 7) is 0.878. The molecule has 1 heterocycles. The van der Waals surface area contributed by atoms with Crippen LogP contribution in [0.5, 0.6) is 0 Å². The molecule has 0 aromatic rings. The molecule has 2 atom stereocenters. The molecule has 5 heteroatoms. The van der Waals surface area contributed by atoms with Crippen molar-refractivity contribution >= 4 is 17.7 Å². The fourth-order valence-electron chi connectivity index (χ4n) is 3.25. The second-order valence-corrected chi connectivity index (χ2v) is 5.82. The highest BCUT2D eigenvalue weighted by Gasteiger charge is 2.46. The number of rotatable bonds is 2. The van der Waals surface area contributed by atoms with Gasteiger partial charge in [-0.2, -0.15) is 0 Å². The molecule has 0 aromatic heterocycles. The van der Waals surface area contributed by atoms with Gasteiger partial charge in [0, 0.05) is 30.8 Å². The number of fused-ring (bicyclic) bond motifs is 2. The Bertz CT molecular complexity index is 397. The van der Waals surface area contributed by atoms with Crippen LogP contribution in [0.3, 0.4) is 0 Å². The molecule has 98 valence electrons. The standard InChI is InChI=1S/C13H17NO4/c15-11-9-3-8(13(17)18)4-10(11)6-14(5-9)12(16)7-1-2-7/h7-10H,1-6H2,(H,17,18). The van der Waals surface area contributed by atoms with E-state index in [0.29, 0.717) is 25.9 Å². The largest absolute Gasteiger partial charge is 0.481 e. The molecule has 1 amide bonds. The lowest BCUT2D eigenvalue weighted by Crippen LogP contribution is -2.53. The summed E-state index contributed by atoms with van der Waals surface area (Å²) in [7, 11) is 0. The van der Waals surface area contributed by atoms with Gasteiger partial charge in [-0.3, -0.25) is 14.4 Å². The first-order valence-corrected chi connectivity index (χ1v) is 6.61. The van der Waals surface area contributed by atoms with Crippen LogP contribution in [-0.4, -0.2) is 40.8 Å². The number of amides is 1. The SMILES string of the molecule is O=C(O)C1CC2CN(C(=O)C3CC3)CC(C1)C2=O. The van der Waals surface area contributed by atoms with E-state index < -0.39 is 11.9 Å². The number of carbonyl (C=O) groups is 3. The number of nitrogens with zero attached hydrogens (tertiary/aromatic N) is 1. The van der Waals surface area contributed by atoms with Crippen LogP contribution >= 0.6 is 0 Å². The average molecular weight is 251 g/mol. The van der Waals surface area contributed by atoms with Crippen molar-refractivity contribution in [2.75, 3.05) is 13.1 Å². The quantitative estimate of drug-likeness (QED) is 0.777. The number of hydrogen-bond donors (Lipinski definition) is 1. The Labute approximate surface area is 105 Å². The van der Waals surface area contributed by atoms with E-state index in [1.165, 1.54) is 0 Å². The lowest BCUT2D eigenvalue weighted by atomic mass is 9.71. The summed E-state index contributed by atoms with van der Waals surface area (Å²) in [6, 6.07) is 0. The average Bonchev–Trinajstić information content (AvgIpc) is 3.10. The van der Waals surface area contributed by atoms with E-state index in [4.69, 9.17) is 5.11 Å². The summed E-state index contributed by atoms with van der Waals surface area (Å²) >= 11 is 0. The summed E-state index contributed by atoms with van der Waals surface area (Å²) in [6.07, 6.45) is 2.74. The van der Waals surface area contributed by atoms with Crippen molar-refractivity contribution in [1.82, 2.24) is 4.90 Å². The van der Waals surface area contributed by atoms with Crippen LogP contribution < -0.4 is 0 Å². The number of carboxylic acid groups (broad SMARTS) is 1. The predicted octanol–water partition coefficient (Wildman–Crippen LogP) is 0.535. The van der Waals surface area contributed by atoms with Crippen LogP contribution in [-0.2, 0) is 14.4 Å². The van der Waals surface area contributed by atoms with Crippen molar-refractivity contribution in [3.05, 3.63) is 0 Å². The van der Waals surface area contributed by atoms with Crippen molar-refractivity contribution in [2.45, 2.75) is 25.7 Å². The molecule has 18 heavy (non-hydrogen) atoms. The maximum absolute atomic E-state index is 12.0. The summed E-state index contributed by atoms with van der Waals surface area (Å²) in [4.78, 5) is 36.8. The number of hydrogen-bond acceptors (Lipinski definition) is 3. The van der Waals surface area contributed by atoms with E-state index in [1.807, 2.05) is 0 Å². The predicted molar refractivity (Wildman–Crippen MR) is 61.7 cm³/mol. The summed E-state index contributed by atoms with van der Waals surface area (Å²) in [5.74, 6) is -1.19. The van der Waals surface area contributed by atoms with Crippen LogP contribution in [0, 0.1) is 23.7 Å². The van der Waals surface area contributed by atoms with Crippen LogP contribution in [0.2, 0.25) is 0 Å². The Morgan fingerprint density at radius 2 is 1.61 bits per heavy atom. The molecule has 0 aromatic carbocycles. The zero-order valence-corrected chi connectivity index (χ0v) is 10.2. The maximum atomic E-state index is 12.0. The first kappa shape index (κ1) is 11.7. The molecule has 2 unspecified atom stereocenters. The van der Waals surface area contributed by atoms with Crippen LogP contribution in [0.4, 0.5) is 0 Å². The smallest absolute Gasteiger partial charge is 0.306 e. The van der Waals surface area contributed by atoms with Crippen molar-refractivity contribution in [1.29, 1.82) is 0 Å². The van der Waals surface area contributed by atoms with E-state index in [0.717, 1.165) is 12.8 Å². The maximum Gasteiger partial charge on any atom is 0.306 e. The van der Waals surface area contributed by atoms with Gasteiger partial charge in [-0.25, -0.2) is 0 Å². The molecule has 1 saturated heterocycles. The highest BCUT2D eigenvalue weighted by atomic mass is 16.4. The second-order valence-electron chi connectivity index (χ2n) is 5.82.